The smallest absolute Gasteiger partial charge is 0.0540 e. The molecule has 1 heteroatoms. The van der Waals surface area contributed by atoms with E-state index in [9.17, 15) is 0 Å². The molecule has 0 amide bonds. The standard InChI is InChI=1S/C54H37N/c1-3-13-38(14-4-1)41-25-30-47(31-26-41)55(48-32-27-42(28-33-48)39-15-5-2-6-16-39)54-34-29-46(37-53(54)45-24-23-40-17-7-8-18-43(40)35-45)52-36-44-19-9-10-20-49(44)50-21-11-12-22-51(50)52/h1-37H. The molecule has 0 fully saturated rings. The summed E-state index contributed by atoms with van der Waals surface area (Å²) in [6, 6.07) is 81.6. The Bertz CT molecular complexity index is 2860. The Morgan fingerprint density at radius 2 is 0.691 bits per heavy atom. The van der Waals surface area contributed by atoms with Gasteiger partial charge in [0.05, 0.1) is 5.69 Å². The topological polar surface area (TPSA) is 3.24 Å². The van der Waals surface area contributed by atoms with Crippen molar-refractivity contribution in [3.8, 4) is 44.5 Å². The average Bonchev–Trinajstić information content (AvgIpc) is 3.27. The maximum absolute atomic E-state index is 2.41. The van der Waals surface area contributed by atoms with Crippen LogP contribution in [-0.4, -0.2) is 0 Å². The minimum atomic E-state index is 1.10. The zero-order valence-electron chi connectivity index (χ0n) is 30.3. The van der Waals surface area contributed by atoms with Crippen molar-refractivity contribution in [1.29, 1.82) is 0 Å². The van der Waals surface area contributed by atoms with Gasteiger partial charge in [0.15, 0.2) is 0 Å². The third kappa shape index (κ3) is 6.12. The number of hydrogen-bond donors (Lipinski definition) is 0. The number of fused-ring (bicyclic) bond motifs is 4. The molecule has 1 nitrogen and oxygen atoms in total. The van der Waals surface area contributed by atoms with Crippen LogP contribution in [0, 0.1) is 0 Å². The molecule has 0 saturated heterocycles. The van der Waals surface area contributed by atoms with Gasteiger partial charge in [0.1, 0.15) is 0 Å². The molecule has 55 heavy (non-hydrogen) atoms. The van der Waals surface area contributed by atoms with Crippen LogP contribution in [0.3, 0.4) is 0 Å². The molecule has 0 radical (unpaired) electrons. The van der Waals surface area contributed by atoms with Crippen LogP contribution in [0.4, 0.5) is 17.1 Å². The normalized spacial score (nSPS) is 11.3. The largest absolute Gasteiger partial charge is 0.310 e. The van der Waals surface area contributed by atoms with Gasteiger partial charge in [0, 0.05) is 16.9 Å². The molecule has 0 aliphatic carbocycles. The van der Waals surface area contributed by atoms with E-state index in [-0.39, 0.29) is 0 Å². The summed E-state index contributed by atoms with van der Waals surface area (Å²) in [5.74, 6) is 0. The van der Waals surface area contributed by atoms with E-state index >= 15 is 0 Å². The fourth-order valence-electron chi connectivity index (χ4n) is 8.07. The molecule has 0 aliphatic heterocycles. The van der Waals surface area contributed by atoms with E-state index in [1.54, 1.807) is 0 Å². The van der Waals surface area contributed by atoms with Gasteiger partial charge in [-0.25, -0.2) is 0 Å². The van der Waals surface area contributed by atoms with Gasteiger partial charge in [-0.2, -0.15) is 0 Å². The van der Waals surface area contributed by atoms with E-state index < -0.39 is 0 Å². The van der Waals surface area contributed by atoms with Gasteiger partial charge < -0.3 is 4.90 Å². The minimum absolute atomic E-state index is 1.10. The van der Waals surface area contributed by atoms with Crippen molar-refractivity contribution in [2.45, 2.75) is 0 Å². The lowest BCUT2D eigenvalue weighted by Crippen LogP contribution is -2.11. The fourth-order valence-corrected chi connectivity index (χ4v) is 8.07. The van der Waals surface area contributed by atoms with E-state index in [2.05, 4.69) is 229 Å². The second kappa shape index (κ2) is 14.0. The van der Waals surface area contributed by atoms with Crippen molar-refractivity contribution in [3.63, 3.8) is 0 Å². The number of rotatable bonds is 7. The number of anilines is 3. The molecule has 10 aromatic carbocycles. The summed E-state index contributed by atoms with van der Waals surface area (Å²) < 4.78 is 0. The molecular formula is C54H37N. The lowest BCUT2D eigenvalue weighted by molar-refractivity contribution is 1.28. The van der Waals surface area contributed by atoms with Crippen molar-refractivity contribution >= 4 is 49.4 Å². The SMILES string of the molecule is c1ccc(-c2ccc(N(c3ccc(-c4ccccc4)cc3)c3ccc(-c4cc5ccccc5c5ccccc45)cc3-c3ccc4ccccc4c3)cc2)cc1. The van der Waals surface area contributed by atoms with Crippen LogP contribution in [0.25, 0.3) is 76.8 Å². The number of benzene rings is 10. The molecule has 10 rings (SSSR count). The first kappa shape index (κ1) is 32.4. The van der Waals surface area contributed by atoms with Gasteiger partial charge >= 0.3 is 0 Å². The Labute approximate surface area is 322 Å². The third-order valence-corrected chi connectivity index (χ3v) is 10.8. The molecule has 258 valence electrons. The summed E-state index contributed by atoms with van der Waals surface area (Å²) in [6.07, 6.45) is 0. The second-order valence-electron chi connectivity index (χ2n) is 14.1. The van der Waals surface area contributed by atoms with E-state index in [1.165, 1.54) is 76.8 Å². The van der Waals surface area contributed by atoms with E-state index in [0.717, 1.165) is 17.1 Å². The van der Waals surface area contributed by atoms with Gasteiger partial charge in [0.25, 0.3) is 0 Å². The molecule has 0 heterocycles. The third-order valence-electron chi connectivity index (χ3n) is 10.8. The van der Waals surface area contributed by atoms with Gasteiger partial charge in [-0.3, -0.25) is 0 Å². The molecule has 0 atom stereocenters. The van der Waals surface area contributed by atoms with Gasteiger partial charge in [-0.15, -0.1) is 0 Å². The Morgan fingerprint density at radius 3 is 1.33 bits per heavy atom. The summed E-state index contributed by atoms with van der Waals surface area (Å²) in [5, 5.41) is 7.49. The van der Waals surface area contributed by atoms with Crippen LogP contribution >= 0.6 is 0 Å². The van der Waals surface area contributed by atoms with Crippen molar-refractivity contribution in [1.82, 2.24) is 0 Å². The van der Waals surface area contributed by atoms with Gasteiger partial charge in [0.2, 0.25) is 0 Å². The zero-order valence-corrected chi connectivity index (χ0v) is 30.3. The molecule has 0 aliphatic rings. The number of nitrogens with zero attached hydrogens (tertiary/aromatic N) is 1. The van der Waals surface area contributed by atoms with E-state index in [4.69, 9.17) is 0 Å². The van der Waals surface area contributed by atoms with Crippen molar-refractivity contribution < 1.29 is 0 Å². The predicted molar refractivity (Wildman–Crippen MR) is 235 cm³/mol. The summed E-state index contributed by atoms with van der Waals surface area (Å²) in [5.41, 5.74) is 12.9. The Hall–Kier alpha value is -7.22. The average molecular weight is 700 g/mol. The highest BCUT2D eigenvalue weighted by molar-refractivity contribution is 6.14. The maximum Gasteiger partial charge on any atom is 0.0540 e. The lowest BCUT2D eigenvalue weighted by atomic mass is 9.90. The molecule has 10 aromatic rings. The van der Waals surface area contributed by atoms with Crippen LogP contribution in [0.15, 0.2) is 224 Å². The monoisotopic (exact) mass is 699 g/mol. The Balaban J connectivity index is 1.20. The highest BCUT2D eigenvalue weighted by Gasteiger charge is 2.20. The first-order chi connectivity index (χ1) is 27.3. The van der Waals surface area contributed by atoms with E-state index in [1.807, 2.05) is 0 Å². The van der Waals surface area contributed by atoms with Crippen molar-refractivity contribution in [2.24, 2.45) is 0 Å². The lowest BCUT2D eigenvalue weighted by Gasteiger charge is -2.29. The molecule has 0 saturated carbocycles. The molecule has 0 aromatic heterocycles. The Kier molecular flexibility index (Phi) is 8.24. The summed E-state index contributed by atoms with van der Waals surface area (Å²) >= 11 is 0. The summed E-state index contributed by atoms with van der Waals surface area (Å²) in [4.78, 5) is 2.41. The first-order valence-corrected chi connectivity index (χ1v) is 18.9. The molecule has 0 unspecified atom stereocenters. The Morgan fingerprint density at radius 1 is 0.236 bits per heavy atom. The van der Waals surface area contributed by atoms with Crippen LogP contribution in [0.1, 0.15) is 0 Å². The molecule has 0 bridgehead atoms. The highest BCUT2D eigenvalue weighted by atomic mass is 15.1. The summed E-state index contributed by atoms with van der Waals surface area (Å²) in [7, 11) is 0. The zero-order chi connectivity index (χ0) is 36.6. The summed E-state index contributed by atoms with van der Waals surface area (Å²) in [6.45, 7) is 0. The van der Waals surface area contributed by atoms with E-state index in [0.29, 0.717) is 0 Å². The predicted octanol–water partition coefficient (Wildman–Crippen LogP) is 15.3. The first-order valence-electron chi connectivity index (χ1n) is 18.9. The van der Waals surface area contributed by atoms with Crippen LogP contribution in [-0.2, 0) is 0 Å². The molecule has 0 N–H and O–H groups in total. The van der Waals surface area contributed by atoms with Crippen molar-refractivity contribution in [3.05, 3.63) is 224 Å². The van der Waals surface area contributed by atoms with Crippen LogP contribution < -0.4 is 4.90 Å². The quantitative estimate of drug-likeness (QED) is 0.150. The maximum atomic E-state index is 2.41. The van der Waals surface area contributed by atoms with Gasteiger partial charge in [-0.05, 0) is 120 Å². The minimum Gasteiger partial charge on any atom is -0.310 e. The molecule has 0 spiro atoms. The molecular weight excluding hydrogens is 663 g/mol. The van der Waals surface area contributed by atoms with Gasteiger partial charge in [-0.1, -0.05) is 176 Å². The second-order valence-corrected chi connectivity index (χ2v) is 14.1. The van der Waals surface area contributed by atoms with Crippen LogP contribution in [0.2, 0.25) is 0 Å². The number of hydrogen-bond acceptors (Lipinski definition) is 1. The van der Waals surface area contributed by atoms with Crippen molar-refractivity contribution in [2.75, 3.05) is 4.90 Å². The fraction of sp³-hybridized carbons (Fsp3) is 0. The van der Waals surface area contributed by atoms with Crippen LogP contribution in [0.5, 0.6) is 0 Å². The highest BCUT2D eigenvalue weighted by Crippen LogP contribution is 2.45.